The molecule has 7 nitrogen and oxygen atoms in total. The molecule has 7 heteroatoms. The van der Waals surface area contributed by atoms with Crippen LogP contribution in [0.3, 0.4) is 0 Å². The molecule has 2 aromatic rings. The van der Waals surface area contributed by atoms with Crippen LogP contribution in [0.15, 0.2) is 33.9 Å². The number of carbonyl (C=O) groups excluding carboxylic acids is 1. The average Bonchev–Trinajstić information content (AvgIpc) is 2.62. The van der Waals surface area contributed by atoms with Crippen LogP contribution in [-0.4, -0.2) is 46.5 Å². The van der Waals surface area contributed by atoms with E-state index in [1.807, 2.05) is 0 Å². The van der Waals surface area contributed by atoms with Crippen molar-refractivity contribution in [2.24, 2.45) is 5.92 Å². The minimum Gasteiger partial charge on any atom is -0.348 e. The fourth-order valence-electron chi connectivity index (χ4n) is 4.12. The van der Waals surface area contributed by atoms with Gasteiger partial charge < -0.3 is 15.2 Å². The number of amides is 1. The van der Waals surface area contributed by atoms with Crippen molar-refractivity contribution in [2.75, 3.05) is 19.6 Å². The SMILES string of the molecule is Cc1[nH]c(=O)[nH]c(=O)c1-c1ccc(C(=O)NC2CN3CCC2CC3)cc1. The highest BCUT2D eigenvalue weighted by atomic mass is 16.2. The van der Waals surface area contributed by atoms with E-state index in [1.54, 1.807) is 31.2 Å². The molecule has 1 amide bonds. The molecular weight excluding hydrogens is 332 g/mol. The summed E-state index contributed by atoms with van der Waals surface area (Å²) in [6.07, 6.45) is 2.30. The van der Waals surface area contributed by atoms with Crippen molar-refractivity contribution in [1.82, 2.24) is 20.2 Å². The van der Waals surface area contributed by atoms with Gasteiger partial charge in [-0.05, 0) is 56.5 Å². The van der Waals surface area contributed by atoms with Gasteiger partial charge in [-0.2, -0.15) is 0 Å². The third-order valence-electron chi connectivity index (χ3n) is 5.54. The standard InChI is InChI=1S/C19H22N4O3/c1-11-16(18(25)22-19(26)20-11)13-2-4-14(5-3-13)17(24)21-15-10-23-8-6-12(15)7-9-23/h2-5,12,15H,6-10H2,1H3,(H,21,24)(H2,20,22,25,26). The lowest BCUT2D eigenvalue weighted by atomic mass is 9.84. The van der Waals surface area contributed by atoms with Crippen molar-refractivity contribution in [1.29, 1.82) is 0 Å². The number of piperidine rings is 3. The highest BCUT2D eigenvalue weighted by Gasteiger charge is 2.34. The Morgan fingerprint density at radius 1 is 1.12 bits per heavy atom. The molecule has 0 aliphatic carbocycles. The van der Waals surface area contributed by atoms with Crippen LogP contribution in [0, 0.1) is 12.8 Å². The number of aryl methyl sites for hydroxylation is 1. The molecule has 26 heavy (non-hydrogen) atoms. The Hall–Kier alpha value is -2.67. The zero-order chi connectivity index (χ0) is 18.3. The van der Waals surface area contributed by atoms with Gasteiger partial charge in [0.05, 0.1) is 5.56 Å². The first-order chi connectivity index (χ1) is 12.5. The Labute approximate surface area is 150 Å². The molecule has 3 fully saturated rings. The van der Waals surface area contributed by atoms with E-state index < -0.39 is 11.2 Å². The normalized spacial score (nSPS) is 24.4. The van der Waals surface area contributed by atoms with Crippen molar-refractivity contribution in [3.8, 4) is 11.1 Å². The number of nitrogens with one attached hydrogen (secondary N) is 3. The van der Waals surface area contributed by atoms with E-state index in [0.29, 0.717) is 28.3 Å². The Morgan fingerprint density at radius 3 is 2.38 bits per heavy atom. The first-order valence-corrected chi connectivity index (χ1v) is 8.98. The third kappa shape index (κ3) is 3.10. The Morgan fingerprint density at radius 2 is 1.81 bits per heavy atom. The Bertz CT molecular complexity index is 936. The number of benzene rings is 1. The number of nitrogens with zero attached hydrogens (tertiary/aromatic N) is 1. The van der Waals surface area contributed by atoms with Crippen molar-refractivity contribution >= 4 is 5.91 Å². The number of rotatable bonds is 3. The number of carbonyl (C=O) groups is 1. The van der Waals surface area contributed by atoms with Gasteiger partial charge in [-0.3, -0.25) is 14.6 Å². The highest BCUT2D eigenvalue weighted by Crippen LogP contribution is 2.27. The van der Waals surface area contributed by atoms with E-state index in [2.05, 4.69) is 20.2 Å². The molecule has 0 saturated carbocycles. The van der Waals surface area contributed by atoms with Gasteiger partial charge in [-0.1, -0.05) is 12.1 Å². The maximum absolute atomic E-state index is 12.6. The number of aromatic nitrogens is 2. The molecule has 1 aromatic carbocycles. The lowest BCUT2D eigenvalue weighted by Gasteiger charge is -2.44. The van der Waals surface area contributed by atoms with Crippen molar-refractivity contribution < 1.29 is 4.79 Å². The quantitative estimate of drug-likeness (QED) is 0.761. The van der Waals surface area contributed by atoms with Gasteiger partial charge in [-0.15, -0.1) is 0 Å². The third-order valence-corrected chi connectivity index (χ3v) is 5.54. The molecule has 4 heterocycles. The second-order valence-corrected chi connectivity index (χ2v) is 7.20. The molecule has 3 aliphatic heterocycles. The van der Waals surface area contributed by atoms with E-state index in [-0.39, 0.29) is 11.9 Å². The summed E-state index contributed by atoms with van der Waals surface area (Å²) in [6.45, 7) is 4.89. The number of fused-ring (bicyclic) bond motifs is 3. The molecular formula is C19H22N4O3. The van der Waals surface area contributed by atoms with E-state index >= 15 is 0 Å². The van der Waals surface area contributed by atoms with Gasteiger partial charge in [0.25, 0.3) is 11.5 Å². The molecule has 1 unspecified atom stereocenters. The maximum Gasteiger partial charge on any atom is 0.325 e. The first-order valence-electron chi connectivity index (χ1n) is 8.98. The summed E-state index contributed by atoms with van der Waals surface area (Å²) in [5.74, 6) is 0.493. The largest absolute Gasteiger partial charge is 0.348 e. The molecule has 2 bridgehead atoms. The summed E-state index contributed by atoms with van der Waals surface area (Å²) >= 11 is 0. The van der Waals surface area contributed by atoms with Crippen LogP contribution in [0.5, 0.6) is 0 Å². The van der Waals surface area contributed by atoms with E-state index in [4.69, 9.17) is 0 Å². The number of hydrogen-bond acceptors (Lipinski definition) is 4. The molecule has 0 spiro atoms. The van der Waals surface area contributed by atoms with E-state index in [1.165, 1.54) is 0 Å². The monoisotopic (exact) mass is 354 g/mol. The second-order valence-electron chi connectivity index (χ2n) is 7.20. The van der Waals surface area contributed by atoms with Crippen LogP contribution in [0.25, 0.3) is 11.1 Å². The molecule has 3 aliphatic rings. The lowest BCUT2D eigenvalue weighted by Crippen LogP contribution is -2.57. The fourth-order valence-corrected chi connectivity index (χ4v) is 4.12. The average molecular weight is 354 g/mol. The number of aromatic amines is 2. The summed E-state index contributed by atoms with van der Waals surface area (Å²) in [4.78, 5) is 43.2. The van der Waals surface area contributed by atoms with Crippen LogP contribution < -0.4 is 16.6 Å². The van der Waals surface area contributed by atoms with Crippen LogP contribution in [-0.2, 0) is 0 Å². The van der Waals surface area contributed by atoms with Crippen LogP contribution in [0.4, 0.5) is 0 Å². The van der Waals surface area contributed by atoms with Gasteiger partial charge in [-0.25, -0.2) is 4.79 Å². The Balaban J connectivity index is 1.52. The topological polar surface area (TPSA) is 98.1 Å². The van der Waals surface area contributed by atoms with Crippen LogP contribution >= 0.6 is 0 Å². The van der Waals surface area contributed by atoms with Crippen LogP contribution in [0.1, 0.15) is 28.9 Å². The Kier molecular flexibility index (Phi) is 4.24. The molecule has 3 saturated heterocycles. The lowest BCUT2D eigenvalue weighted by molar-refractivity contribution is 0.0620. The van der Waals surface area contributed by atoms with Crippen LogP contribution in [0.2, 0.25) is 0 Å². The minimum absolute atomic E-state index is 0.0811. The van der Waals surface area contributed by atoms with Gasteiger partial charge >= 0.3 is 5.69 Å². The van der Waals surface area contributed by atoms with Gasteiger partial charge in [0.1, 0.15) is 0 Å². The van der Waals surface area contributed by atoms with Gasteiger partial charge in [0.15, 0.2) is 0 Å². The maximum atomic E-state index is 12.6. The number of hydrogen-bond donors (Lipinski definition) is 3. The summed E-state index contributed by atoms with van der Waals surface area (Å²) in [5.41, 5.74) is 1.20. The molecule has 3 N–H and O–H groups in total. The fraction of sp³-hybridized carbons (Fsp3) is 0.421. The first kappa shape index (κ1) is 16.8. The van der Waals surface area contributed by atoms with Crippen molar-refractivity contribution in [3.05, 3.63) is 56.4 Å². The molecule has 5 rings (SSSR count). The van der Waals surface area contributed by atoms with E-state index in [0.717, 1.165) is 32.5 Å². The highest BCUT2D eigenvalue weighted by molar-refractivity contribution is 5.95. The molecule has 136 valence electrons. The van der Waals surface area contributed by atoms with E-state index in [9.17, 15) is 14.4 Å². The predicted octanol–water partition coefficient (Wildman–Crippen LogP) is 0.863. The summed E-state index contributed by atoms with van der Waals surface area (Å²) in [6, 6.07) is 7.13. The zero-order valence-corrected chi connectivity index (χ0v) is 14.7. The molecule has 1 atom stereocenters. The summed E-state index contributed by atoms with van der Waals surface area (Å²) < 4.78 is 0. The number of H-pyrrole nitrogens is 2. The summed E-state index contributed by atoms with van der Waals surface area (Å²) in [5, 5.41) is 3.16. The van der Waals surface area contributed by atoms with Gasteiger partial charge in [0, 0.05) is 23.8 Å². The summed E-state index contributed by atoms with van der Waals surface area (Å²) in [7, 11) is 0. The second kappa shape index (κ2) is 6.57. The zero-order valence-electron chi connectivity index (χ0n) is 14.7. The van der Waals surface area contributed by atoms with Crippen molar-refractivity contribution in [2.45, 2.75) is 25.8 Å². The molecule has 0 radical (unpaired) electrons. The smallest absolute Gasteiger partial charge is 0.325 e. The van der Waals surface area contributed by atoms with Crippen molar-refractivity contribution in [3.63, 3.8) is 0 Å². The van der Waals surface area contributed by atoms with Gasteiger partial charge in [0.2, 0.25) is 0 Å². The predicted molar refractivity (Wildman–Crippen MR) is 98.3 cm³/mol. The molecule has 1 aromatic heterocycles. The minimum atomic E-state index is -0.523.